The Morgan fingerprint density at radius 2 is 2.32 bits per heavy atom. The van der Waals surface area contributed by atoms with Crippen LogP contribution >= 0.6 is 11.6 Å². The molecule has 1 heterocycles. The summed E-state index contributed by atoms with van der Waals surface area (Å²) in [6.07, 6.45) is 0.685. The minimum atomic E-state index is -0.494. The first-order chi connectivity index (χ1) is 9.04. The second-order valence-corrected chi connectivity index (χ2v) is 5.00. The number of halogens is 2. The zero-order valence-electron chi connectivity index (χ0n) is 10.6. The van der Waals surface area contributed by atoms with Crippen LogP contribution in [0, 0.1) is 5.82 Å². The maximum atomic E-state index is 13.1. The van der Waals surface area contributed by atoms with Crippen LogP contribution in [0.2, 0.25) is 5.02 Å². The smallest absolute Gasteiger partial charge is 0.244 e. The molecule has 1 fully saturated rings. The zero-order chi connectivity index (χ0) is 14.0. The molecule has 0 bridgehead atoms. The van der Waals surface area contributed by atoms with E-state index in [0.29, 0.717) is 25.2 Å². The summed E-state index contributed by atoms with van der Waals surface area (Å²) in [5, 5.41) is 8.92. The van der Waals surface area contributed by atoms with Gasteiger partial charge in [0.05, 0.1) is 17.7 Å². The summed E-state index contributed by atoms with van der Waals surface area (Å²) in [5.74, 6) is -0.537. The first-order valence-electron chi connectivity index (χ1n) is 6.12. The van der Waals surface area contributed by atoms with Gasteiger partial charge in [0.15, 0.2) is 0 Å². The number of aliphatic hydroxyl groups excluding tert-OH is 1. The Morgan fingerprint density at radius 1 is 1.58 bits per heavy atom. The molecule has 1 amide bonds. The van der Waals surface area contributed by atoms with E-state index in [9.17, 15) is 9.18 Å². The number of nitrogens with zero attached hydrogens (tertiary/aromatic N) is 2. The zero-order valence-corrected chi connectivity index (χ0v) is 11.4. The third-order valence-electron chi connectivity index (χ3n) is 3.38. The molecular formula is C13H16ClFN2O2. The fourth-order valence-electron chi connectivity index (χ4n) is 2.30. The molecule has 1 aliphatic heterocycles. The molecule has 1 aliphatic rings. The summed E-state index contributed by atoms with van der Waals surface area (Å²) in [7, 11) is 1.81. The monoisotopic (exact) mass is 286 g/mol. The van der Waals surface area contributed by atoms with Crippen LogP contribution in [0.5, 0.6) is 0 Å². The van der Waals surface area contributed by atoms with Gasteiger partial charge < -0.3 is 10.0 Å². The summed E-state index contributed by atoms with van der Waals surface area (Å²) in [4.78, 5) is 15.7. The van der Waals surface area contributed by atoms with Crippen LogP contribution in [0.1, 0.15) is 6.42 Å². The van der Waals surface area contributed by atoms with E-state index in [1.54, 1.807) is 18.0 Å². The fourth-order valence-corrected chi connectivity index (χ4v) is 2.47. The number of carbonyl (C=O) groups is 1. The summed E-state index contributed by atoms with van der Waals surface area (Å²) in [6, 6.07) is 4.03. The third kappa shape index (κ3) is 2.88. The molecule has 2 rings (SSSR count). The number of hydrogen-bond acceptors (Lipinski definition) is 3. The normalized spacial score (nSPS) is 19.5. The van der Waals surface area contributed by atoms with Crippen LogP contribution in [0.25, 0.3) is 0 Å². The van der Waals surface area contributed by atoms with Crippen molar-refractivity contribution in [3.05, 3.63) is 29.0 Å². The average Bonchev–Trinajstić information content (AvgIpc) is 2.75. The molecular weight excluding hydrogens is 271 g/mol. The molecule has 6 heteroatoms. The van der Waals surface area contributed by atoms with Crippen molar-refractivity contribution in [3.8, 4) is 0 Å². The van der Waals surface area contributed by atoms with Crippen molar-refractivity contribution in [2.75, 3.05) is 31.6 Å². The molecule has 0 spiro atoms. The number of amides is 1. The molecule has 104 valence electrons. The van der Waals surface area contributed by atoms with Crippen LogP contribution in [-0.4, -0.2) is 48.7 Å². The van der Waals surface area contributed by atoms with Crippen molar-refractivity contribution >= 4 is 23.2 Å². The van der Waals surface area contributed by atoms with E-state index in [-0.39, 0.29) is 23.6 Å². The van der Waals surface area contributed by atoms with Gasteiger partial charge in [0.2, 0.25) is 5.91 Å². The van der Waals surface area contributed by atoms with E-state index >= 15 is 0 Å². The summed E-state index contributed by atoms with van der Waals surface area (Å²) in [6.45, 7) is 1.04. The highest BCUT2D eigenvalue weighted by Gasteiger charge is 2.35. The van der Waals surface area contributed by atoms with Crippen LogP contribution < -0.4 is 4.90 Å². The Kier molecular flexibility index (Phi) is 4.39. The predicted molar refractivity (Wildman–Crippen MR) is 71.9 cm³/mol. The van der Waals surface area contributed by atoms with Crippen molar-refractivity contribution in [1.82, 2.24) is 4.90 Å². The molecule has 1 aromatic rings. The Balaban J connectivity index is 2.15. The van der Waals surface area contributed by atoms with Gasteiger partial charge in [0.25, 0.3) is 0 Å². The standard InChI is InChI=1S/C13H16ClFN2O2/c1-16(6-7-18)12-4-5-17(13(12)19)9-2-3-11(15)10(14)8-9/h2-3,8,12,18H,4-7H2,1H3. The fraction of sp³-hybridized carbons (Fsp3) is 0.462. The van der Waals surface area contributed by atoms with Gasteiger partial charge in [-0.25, -0.2) is 4.39 Å². The molecule has 1 N–H and O–H groups in total. The molecule has 0 saturated carbocycles. The van der Waals surface area contributed by atoms with E-state index in [2.05, 4.69) is 0 Å². The molecule has 0 aromatic heterocycles. The number of likely N-dealkylation sites (N-methyl/N-ethyl adjacent to an activating group) is 1. The lowest BCUT2D eigenvalue weighted by molar-refractivity contribution is -0.121. The first-order valence-corrected chi connectivity index (χ1v) is 6.50. The van der Waals surface area contributed by atoms with Crippen molar-refractivity contribution in [3.63, 3.8) is 0 Å². The summed E-state index contributed by atoms with van der Waals surface area (Å²) >= 11 is 5.73. The molecule has 19 heavy (non-hydrogen) atoms. The lowest BCUT2D eigenvalue weighted by Crippen LogP contribution is -2.40. The van der Waals surface area contributed by atoms with Gasteiger partial charge in [0, 0.05) is 18.8 Å². The molecule has 0 radical (unpaired) electrons. The van der Waals surface area contributed by atoms with Gasteiger partial charge in [-0.1, -0.05) is 11.6 Å². The van der Waals surface area contributed by atoms with Crippen LogP contribution in [0.15, 0.2) is 18.2 Å². The lowest BCUT2D eigenvalue weighted by atomic mass is 10.2. The molecule has 1 atom stereocenters. The van der Waals surface area contributed by atoms with Gasteiger partial charge >= 0.3 is 0 Å². The largest absolute Gasteiger partial charge is 0.395 e. The van der Waals surface area contributed by atoms with Crippen LogP contribution in [-0.2, 0) is 4.79 Å². The quantitative estimate of drug-likeness (QED) is 0.912. The lowest BCUT2D eigenvalue weighted by Gasteiger charge is -2.23. The maximum absolute atomic E-state index is 13.1. The molecule has 4 nitrogen and oxygen atoms in total. The highest BCUT2D eigenvalue weighted by atomic mass is 35.5. The van der Waals surface area contributed by atoms with Crippen LogP contribution in [0.3, 0.4) is 0 Å². The molecule has 1 unspecified atom stereocenters. The topological polar surface area (TPSA) is 43.8 Å². The highest BCUT2D eigenvalue weighted by Crippen LogP contribution is 2.27. The summed E-state index contributed by atoms with van der Waals surface area (Å²) < 4.78 is 13.1. The number of rotatable bonds is 4. The Morgan fingerprint density at radius 3 is 2.95 bits per heavy atom. The number of anilines is 1. The third-order valence-corrected chi connectivity index (χ3v) is 3.67. The molecule has 1 saturated heterocycles. The van der Waals surface area contributed by atoms with Crippen LogP contribution in [0.4, 0.5) is 10.1 Å². The van der Waals surface area contributed by atoms with E-state index in [1.807, 2.05) is 4.90 Å². The second kappa shape index (κ2) is 5.86. The van der Waals surface area contributed by atoms with Gasteiger partial charge in [-0.2, -0.15) is 0 Å². The molecule has 0 aliphatic carbocycles. The predicted octanol–water partition coefficient (Wildman–Crippen LogP) is 1.51. The van der Waals surface area contributed by atoms with E-state index in [0.717, 1.165) is 0 Å². The Bertz CT molecular complexity index is 484. The van der Waals surface area contributed by atoms with E-state index in [4.69, 9.17) is 16.7 Å². The summed E-state index contributed by atoms with van der Waals surface area (Å²) in [5.41, 5.74) is 0.608. The van der Waals surface area contributed by atoms with Gasteiger partial charge in [-0.3, -0.25) is 9.69 Å². The highest BCUT2D eigenvalue weighted by molar-refractivity contribution is 6.31. The average molecular weight is 287 g/mol. The van der Waals surface area contributed by atoms with Crippen molar-refractivity contribution in [2.45, 2.75) is 12.5 Å². The van der Waals surface area contributed by atoms with Gasteiger partial charge in [-0.05, 0) is 31.7 Å². The van der Waals surface area contributed by atoms with Crippen molar-refractivity contribution in [2.24, 2.45) is 0 Å². The first kappa shape index (κ1) is 14.2. The Labute approximate surface area is 116 Å². The number of carbonyl (C=O) groups excluding carboxylic acids is 1. The SMILES string of the molecule is CN(CCO)C1CCN(c2ccc(F)c(Cl)c2)C1=O. The van der Waals surface area contributed by atoms with Crippen molar-refractivity contribution < 1.29 is 14.3 Å². The number of aliphatic hydroxyl groups is 1. The van der Waals surface area contributed by atoms with E-state index < -0.39 is 5.82 Å². The van der Waals surface area contributed by atoms with Gasteiger partial charge in [-0.15, -0.1) is 0 Å². The minimum absolute atomic E-state index is 0.0115. The maximum Gasteiger partial charge on any atom is 0.244 e. The number of hydrogen-bond donors (Lipinski definition) is 1. The Hall–Kier alpha value is -1.17. The number of benzene rings is 1. The second-order valence-electron chi connectivity index (χ2n) is 4.60. The molecule has 1 aromatic carbocycles. The van der Waals surface area contributed by atoms with Gasteiger partial charge in [0.1, 0.15) is 5.82 Å². The minimum Gasteiger partial charge on any atom is -0.395 e. The van der Waals surface area contributed by atoms with E-state index in [1.165, 1.54) is 12.1 Å². The van der Waals surface area contributed by atoms with Crippen molar-refractivity contribution in [1.29, 1.82) is 0 Å².